The van der Waals surface area contributed by atoms with Gasteiger partial charge < -0.3 is 19.9 Å². The molecule has 0 unspecified atom stereocenters. The van der Waals surface area contributed by atoms with Gasteiger partial charge >= 0.3 is 6.03 Å². The molecule has 216 valence electrons. The molecule has 42 heavy (non-hydrogen) atoms. The summed E-state index contributed by atoms with van der Waals surface area (Å²) in [5.41, 5.74) is 2.93. The molecule has 1 N–H and O–H groups in total. The molecule has 0 spiro atoms. The van der Waals surface area contributed by atoms with Gasteiger partial charge in [-0.25, -0.2) is 9.80 Å². The number of hydrogen-bond acceptors (Lipinski definition) is 5. The van der Waals surface area contributed by atoms with Gasteiger partial charge in [-0.05, 0) is 35.2 Å². The van der Waals surface area contributed by atoms with Gasteiger partial charge in [0.2, 0.25) is 11.8 Å². The average Bonchev–Trinajstić information content (AvgIpc) is 3.02. The molecular formula is C33H35N5O4. The van der Waals surface area contributed by atoms with E-state index in [9.17, 15) is 14.4 Å². The van der Waals surface area contributed by atoms with Crippen LogP contribution in [0.1, 0.15) is 16.7 Å². The first-order chi connectivity index (χ1) is 20.5. The van der Waals surface area contributed by atoms with Crippen LogP contribution >= 0.6 is 0 Å². The lowest BCUT2D eigenvalue weighted by Crippen LogP contribution is -2.76. The third-order valence-corrected chi connectivity index (χ3v) is 7.70. The maximum absolute atomic E-state index is 14.0. The molecule has 9 nitrogen and oxygen atoms in total. The molecule has 0 aliphatic carbocycles. The normalized spacial score (nSPS) is 18.8. The van der Waals surface area contributed by atoms with Crippen molar-refractivity contribution in [2.75, 3.05) is 33.3 Å². The molecule has 5 rings (SSSR count). The first-order valence-electron chi connectivity index (χ1n) is 14.0. The van der Waals surface area contributed by atoms with Gasteiger partial charge in [0.1, 0.15) is 18.0 Å². The number of fused-ring (bicyclic) bond motifs is 1. The van der Waals surface area contributed by atoms with E-state index in [1.165, 1.54) is 5.01 Å². The van der Waals surface area contributed by atoms with Crippen LogP contribution in [-0.2, 0) is 29.0 Å². The Bertz CT molecular complexity index is 1420. The highest BCUT2D eigenvalue weighted by molar-refractivity contribution is 5.91. The van der Waals surface area contributed by atoms with Crippen LogP contribution in [-0.4, -0.2) is 83.2 Å². The number of urea groups is 1. The maximum Gasteiger partial charge on any atom is 0.334 e. The van der Waals surface area contributed by atoms with Gasteiger partial charge in [0.25, 0.3) is 0 Å². The highest BCUT2D eigenvalue weighted by atomic mass is 16.5. The Labute approximate surface area is 246 Å². The number of amides is 4. The van der Waals surface area contributed by atoms with Crippen molar-refractivity contribution in [3.8, 4) is 18.1 Å². The summed E-state index contributed by atoms with van der Waals surface area (Å²) < 4.78 is 5.27. The Balaban J connectivity index is 1.44. The molecule has 2 heterocycles. The number of nitrogens with zero attached hydrogens (tertiary/aromatic N) is 4. The van der Waals surface area contributed by atoms with Crippen LogP contribution in [0.15, 0.2) is 84.9 Å². The van der Waals surface area contributed by atoms with Gasteiger partial charge in [-0.3, -0.25) is 9.59 Å². The minimum atomic E-state index is -0.757. The third-order valence-electron chi connectivity index (χ3n) is 7.70. The van der Waals surface area contributed by atoms with Crippen LogP contribution < -0.4 is 10.1 Å². The Morgan fingerprint density at radius 1 is 0.952 bits per heavy atom. The fourth-order valence-electron chi connectivity index (χ4n) is 5.59. The molecule has 2 aliphatic rings. The lowest BCUT2D eigenvalue weighted by Gasteiger charge is -2.55. The van der Waals surface area contributed by atoms with Crippen LogP contribution in [0.25, 0.3) is 0 Å². The fourth-order valence-corrected chi connectivity index (χ4v) is 5.59. The van der Waals surface area contributed by atoms with Crippen LogP contribution in [0.2, 0.25) is 0 Å². The Morgan fingerprint density at radius 2 is 1.62 bits per heavy atom. The highest BCUT2D eigenvalue weighted by Gasteiger charge is 2.51. The van der Waals surface area contributed by atoms with Crippen LogP contribution in [0.3, 0.4) is 0 Å². The summed E-state index contributed by atoms with van der Waals surface area (Å²) in [5.74, 6) is 2.98. The number of rotatable bonds is 9. The van der Waals surface area contributed by atoms with Gasteiger partial charge in [-0.2, -0.15) is 5.01 Å². The zero-order valence-corrected chi connectivity index (χ0v) is 23.7. The smallest absolute Gasteiger partial charge is 0.334 e. The van der Waals surface area contributed by atoms with Gasteiger partial charge in [0.15, 0.2) is 0 Å². The molecule has 4 amide bonds. The van der Waals surface area contributed by atoms with Crippen molar-refractivity contribution in [1.82, 2.24) is 25.1 Å². The molecule has 9 heteroatoms. The standard InChI is InChI=1S/C33H35N5O4/c1-3-19-36-24-31(39)37-29(21-26-10-6-4-7-11-26)32(40)35(20-18-25-14-16-28(42-2)17-15-25)23-30(37)38(36)33(41)34-22-27-12-8-5-9-13-27/h1,4-17,29-30H,18-24H2,2H3,(H,34,41)/t29-,30-/m0/s1. The molecule has 0 saturated carbocycles. The van der Waals surface area contributed by atoms with Crippen molar-refractivity contribution in [3.05, 3.63) is 102 Å². The minimum Gasteiger partial charge on any atom is -0.497 e. The molecule has 3 aromatic carbocycles. The van der Waals surface area contributed by atoms with Crippen molar-refractivity contribution in [2.24, 2.45) is 0 Å². The first-order valence-corrected chi connectivity index (χ1v) is 14.0. The third kappa shape index (κ3) is 6.40. The Hall–Kier alpha value is -4.81. The van der Waals surface area contributed by atoms with Crippen molar-refractivity contribution in [3.63, 3.8) is 0 Å². The number of hydrogen-bond donors (Lipinski definition) is 1. The summed E-state index contributed by atoms with van der Waals surface area (Å²) in [7, 11) is 1.62. The zero-order chi connectivity index (χ0) is 29.5. The number of ether oxygens (including phenoxy) is 1. The summed E-state index contributed by atoms with van der Waals surface area (Å²) >= 11 is 0. The predicted octanol–water partition coefficient (Wildman–Crippen LogP) is 2.92. The number of nitrogens with one attached hydrogen (secondary N) is 1. The van der Waals surface area contributed by atoms with Crippen molar-refractivity contribution in [2.45, 2.75) is 31.6 Å². The van der Waals surface area contributed by atoms with E-state index in [1.807, 2.05) is 84.9 Å². The predicted molar refractivity (Wildman–Crippen MR) is 159 cm³/mol. The van der Waals surface area contributed by atoms with E-state index in [1.54, 1.807) is 21.9 Å². The summed E-state index contributed by atoms with van der Waals surface area (Å²) in [6, 6.07) is 25.8. The van der Waals surface area contributed by atoms with E-state index >= 15 is 0 Å². The first kappa shape index (κ1) is 28.7. The molecule has 0 aromatic heterocycles. The number of benzene rings is 3. The van der Waals surface area contributed by atoms with Crippen LogP contribution in [0.5, 0.6) is 5.75 Å². The largest absolute Gasteiger partial charge is 0.497 e. The molecule has 0 bridgehead atoms. The van der Waals surface area contributed by atoms with Gasteiger partial charge in [-0.1, -0.05) is 78.7 Å². The molecule has 2 aliphatic heterocycles. The molecule has 0 radical (unpaired) electrons. The van der Waals surface area contributed by atoms with Crippen LogP contribution in [0.4, 0.5) is 4.79 Å². The summed E-state index contributed by atoms with van der Waals surface area (Å²) in [6.45, 7) is 0.908. The molecule has 3 aromatic rings. The second-order valence-electron chi connectivity index (χ2n) is 10.4. The van der Waals surface area contributed by atoms with E-state index < -0.39 is 12.2 Å². The Morgan fingerprint density at radius 3 is 2.26 bits per heavy atom. The monoisotopic (exact) mass is 565 g/mol. The molecule has 2 saturated heterocycles. The van der Waals surface area contributed by atoms with Crippen molar-refractivity contribution in [1.29, 1.82) is 0 Å². The number of terminal acetylenes is 1. The second-order valence-corrected chi connectivity index (χ2v) is 10.4. The van der Waals surface area contributed by atoms with Gasteiger partial charge in [0, 0.05) is 19.5 Å². The van der Waals surface area contributed by atoms with E-state index in [4.69, 9.17) is 11.2 Å². The fraction of sp³-hybridized carbons (Fsp3) is 0.303. The number of carbonyl (C=O) groups is 3. The van der Waals surface area contributed by atoms with Crippen LogP contribution in [0, 0.1) is 12.3 Å². The Kier molecular flexibility index (Phi) is 9.05. The number of piperazine rings is 1. The number of hydrazine groups is 1. The topological polar surface area (TPSA) is 85.4 Å². The molecule has 2 fully saturated rings. The lowest BCUT2D eigenvalue weighted by molar-refractivity contribution is -0.188. The summed E-state index contributed by atoms with van der Waals surface area (Å²) in [6.07, 6.45) is 5.91. The van der Waals surface area contributed by atoms with E-state index in [0.29, 0.717) is 25.9 Å². The summed E-state index contributed by atoms with van der Waals surface area (Å²) in [5, 5.41) is 6.12. The molecular weight excluding hydrogens is 530 g/mol. The zero-order valence-electron chi connectivity index (χ0n) is 23.7. The van der Waals surface area contributed by atoms with E-state index in [-0.39, 0.29) is 37.5 Å². The van der Waals surface area contributed by atoms with Crippen molar-refractivity contribution >= 4 is 17.8 Å². The SMILES string of the molecule is C#CCN1CC(=O)N2[C@@H](Cc3ccccc3)C(=O)N(CCc3ccc(OC)cc3)C[C@@H]2N1C(=O)NCc1ccccc1. The number of carbonyl (C=O) groups excluding carboxylic acids is 3. The average molecular weight is 566 g/mol. The lowest BCUT2D eigenvalue weighted by atomic mass is 9.98. The maximum atomic E-state index is 14.0. The van der Waals surface area contributed by atoms with E-state index in [0.717, 1.165) is 22.4 Å². The highest BCUT2D eigenvalue weighted by Crippen LogP contribution is 2.28. The number of methoxy groups -OCH3 is 1. The van der Waals surface area contributed by atoms with Gasteiger partial charge in [0.05, 0.1) is 26.7 Å². The summed E-state index contributed by atoms with van der Waals surface area (Å²) in [4.78, 5) is 44.7. The molecule has 2 atom stereocenters. The second kappa shape index (κ2) is 13.2. The minimum absolute atomic E-state index is 0.0813. The quantitative estimate of drug-likeness (QED) is 0.404. The van der Waals surface area contributed by atoms with E-state index in [2.05, 4.69) is 11.2 Å². The van der Waals surface area contributed by atoms with Gasteiger partial charge in [-0.15, -0.1) is 6.42 Å². The van der Waals surface area contributed by atoms with Crippen molar-refractivity contribution < 1.29 is 19.1 Å².